The van der Waals surface area contributed by atoms with Gasteiger partial charge in [0.15, 0.2) is 0 Å². The molecule has 1 aromatic carbocycles. The van der Waals surface area contributed by atoms with Gasteiger partial charge in [0.1, 0.15) is 0 Å². The van der Waals surface area contributed by atoms with Crippen molar-refractivity contribution in [1.82, 2.24) is 0 Å². The van der Waals surface area contributed by atoms with Crippen LogP contribution in [0.1, 0.15) is 45.6 Å². The minimum Gasteiger partial charge on any atom is -0.368 e. The van der Waals surface area contributed by atoms with Crippen LogP contribution in [0.4, 0.5) is 5.69 Å². The lowest BCUT2D eigenvalue weighted by Gasteiger charge is -2.49. The van der Waals surface area contributed by atoms with Crippen molar-refractivity contribution in [2.45, 2.75) is 52.0 Å². The molecule has 2 heteroatoms. The van der Waals surface area contributed by atoms with Crippen LogP contribution >= 0.6 is 0 Å². The topological polar surface area (TPSA) is 29.3 Å². The van der Waals surface area contributed by atoms with Gasteiger partial charge in [0, 0.05) is 19.3 Å². The molecule has 2 unspecified atom stereocenters. The number of hydrogen-bond donors (Lipinski definition) is 1. The fourth-order valence-corrected chi connectivity index (χ4v) is 4.04. The predicted octanol–water partition coefficient (Wildman–Crippen LogP) is 3.84. The standard InChI is InChI=1S/C18H30N2/c1-5-16-6-8-17(9-7-16)20(4)18(13-19)11-14(2)10-15(3)12-18/h6-9,14-15H,5,10-13,19H2,1-4H3. The Hall–Kier alpha value is -1.02. The number of benzene rings is 1. The van der Waals surface area contributed by atoms with Crippen LogP contribution in [0.3, 0.4) is 0 Å². The van der Waals surface area contributed by atoms with Crippen molar-refractivity contribution in [1.29, 1.82) is 0 Å². The third-order valence-electron chi connectivity index (χ3n) is 5.08. The highest BCUT2D eigenvalue weighted by Crippen LogP contribution is 2.40. The molecule has 0 spiro atoms. The first-order valence-electron chi connectivity index (χ1n) is 8.03. The summed E-state index contributed by atoms with van der Waals surface area (Å²) in [6.45, 7) is 7.68. The summed E-state index contributed by atoms with van der Waals surface area (Å²) in [5.41, 5.74) is 9.04. The van der Waals surface area contributed by atoms with Crippen molar-refractivity contribution in [3.8, 4) is 0 Å². The molecule has 2 nitrogen and oxygen atoms in total. The highest BCUT2D eigenvalue weighted by atomic mass is 15.2. The summed E-state index contributed by atoms with van der Waals surface area (Å²) in [5, 5.41) is 0. The van der Waals surface area contributed by atoms with Gasteiger partial charge in [0.05, 0.1) is 5.54 Å². The lowest BCUT2D eigenvalue weighted by atomic mass is 9.70. The number of rotatable bonds is 4. The van der Waals surface area contributed by atoms with E-state index in [-0.39, 0.29) is 5.54 Å². The lowest BCUT2D eigenvalue weighted by Crippen LogP contribution is -2.56. The number of nitrogens with two attached hydrogens (primary N) is 1. The maximum Gasteiger partial charge on any atom is 0.0526 e. The highest BCUT2D eigenvalue weighted by molar-refractivity contribution is 5.50. The van der Waals surface area contributed by atoms with E-state index in [4.69, 9.17) is 5.73 Å². The van der Waals surface area contributed by atoms with E-state index in [9.17, 15) is 0 Å². The average molecular weight is 274 g/mol. The molecule has 0 amide bonds. The molecule has 1 aliphatic rings. The number of likely N-dealkylation sites (N-methyl/N-ethyl adjacent to an activating group) is 1. The van der Waals surface area contributed by atoms with E-state index in [1.165, 1.54) is 30.5 Å². The zero-order valence-corrected chi connectivity index (χ0v) is 13.5. The minimum absolute atomic E-state index is 0.130. The van der Waals surface area contributed by atoms with Gasteiger partial charge < -0.3 is 10.6 Å². The molecule has 0 bridgehead atoms. The second kappa shape index (κ2) is 6.17. The molecule has 1 aromatic rings. The summed E-state index contributed by atoms with van der Waals surface area (Å²) in [4.78, 5) is 2.44. The molecule has 1 saturated carbocycles. The maximum absolute atomic E-state index is 6.22. The summed E-state index contributed by atoms with van der Waals surface area (Å²) in [7, 11) is 2.22. The van der Waals surface area contributed by atoms with Crippen molar-refractivity contribution in [3.05, 3.63) is 29.8 Å². The molecule has 1 aliphatic carbocycles. The molecule has 2 atom stereocenters. The summed E-state index contributed by atoms with van der Waals surface area (Å²) >= 11 is 0. The smallest absolute Gasteiger partial charge is 0.0526 e. The second-order valence-electron chi connectivity index (χ2n) is 6.86. The molecule has 112 valence electrons. The van der Waals surface area contributed by atoms with E-state index in [1.807, 2.05) is 0 Å². The first-order valence-corrected chi connectivity index (χ1v) is 8.03. The van der Waals surface area contributed by atoms with Crippen LogP contribution in [0.25, 0.3) is 0 Å². The Morgan fingerprint density at radius 1 is 1.15 bits per heavy atom. The van der Waals surface area contributed by atoms with Gasteiger partial charge in [-0.2, -0.15) is 0 Å². The average Bonchev–Trinajstić information content (AvgIpc) is 2.45. The molecule has 0 radical (unpaired) electrons. The molecule has 0 aliphatic heterocycles. The van der Waals surface area contributed by atoms with Gasteiger partial charge in [-0.25, -0.2) is 0 Å². The fraction of sp³-hybridized carbons (Fsp3) is 0.667. The van der Waals surface area contributed by atoms with E-state index < -0.39 is 0 Å². The number of aryl methyl sites for hydroxylation is 1. The molecule has 1 fully saturated rings. The Morgan fingerprint density at radius 2 is 1.70 bits per heavy atom. The van der Waals surface area contributed by atoms with E-state index in [0.29, 0.717) is 0 Å². The molecule has 20 heavy (non-hydrogen) atoms. The van der Waals surface area contributed by atoms with Gasteiger partial charge >= 0.3 is 0 Å². The van der Waals surface area contributed by atoms with Crippen molar-refractivity contribution in [3.63, 3.8) is 0 Å². The van der Waals surface area contributed by atoms with E-state index in [0.717, 1.165) is 24.8 Å². The zero-order chi connectivity index (χ0) is 14.8. The Balaban J connectivity index is 2.24. The van der Waals surface area contributed by atoms with Gasteiger partial charge in [-0.15, -0.1) is 0 Å². The third kappa shape index (κ3) is 3.01. The van der Waals surface area contributed by atoms with E-state index in [2.05, 4.69) is 57.0 Å². The molecule has 0 aromatic heterocycles. The largest absolute Gasteiger partial charge is 0.368 e. The third-order valence-corrected chi connectivity index (χ3v) is 5.08. The number of anilines is 1. The Morgan fingerprint density at radius 3 is 2.15 bits per heavy atom. The minimum atomic E-state index is 0.130. The first kappa shape index (κ1) is 15.4. The predicted molar refractivity (Wildman–Crippen MR) is 88.2 cm³/mol. The fourth-order valence-electron chi connectivity index (χ4n) is 4.04. The summed E-state index contributed by atoms with van der Waals surface area (Å²) in [5.74, 6) is 1.53. The van der Waals surface area contributed by atoms with Crippen LogP contribution in [0, 0.1) is 11.8 Å². The quantitative estimate of drug-likeness (QED) is 0.904. The Kier molecular flexibility index (Phi) is 4.74. The first-order chi connectivity index (χ1) is 9.50. The van der Waals surface area contributed by atoms with Gasteiger partial charge in [-0.3, -0.25) is 0 Å². The monoisotopic (exact) mass is 274 g/mol. The Bertz CT molecular complexity index is 414. The van der Waals surface area contributed by atoms with Crippen molar-refractivity contribution in [2.24, 2.45) is 17.6 Å². The lowest BCUT2D eigenvalue weighted by molar-refractivity contribution is 0.182. The normalized spacial score (nSPS) is 30.2. The maximum atomic E-state index is 6.22. The van der Waals surface area contributed by atoms with Crippen LogP contribution in [0.5, 0.6) is 0 Å². The molecular weight excluding hydrogens is 244 g/mol. The van der Waals surface area contributed by atoms with E-state index >= 15 is 0 Å². The van der Waals surface area contributed by atoms with Crippen LogP contribution in [-0.2, 0) is 6.42 Å². The van der Waals surface area contributed by atoms with Gasteiger partial charge in [0.2, 0.25) is 0 Å². The number of nitrogens with zero attached hydrogens (tertiary/aromatic N) is 1. The SMILES string of the molecule is CCc1ccc(N(C)C2(CN)CC(C)CC(C)C2)cc1. The van der Waals surface area contributed by atoms with Crippen molar-refractivity contribution in [2.75, 3.05) is 18.5 Å². The molecule has 0 saturated heterocycles. The van der Waals surface area contributed by atoms with Gasteiger partial charge in [-0.05, 0) is 55.2 Å². The number of hydrogen-bond acceptors (Lipinski definition) is 2. The van der Waals surface area contributed by atoms with Gasteiger partial charge in [0.25, 0.3) is 0 Å². The van der Waals surface area contributed by atoms with Crippen molar-refractivity contribution < 1.29 is 0 Å². The van der Waals surface area contributed by atoms with Crippen LogP contribution < -0.4 is 10.6 Å². The Labute approximate surface area is 124 Å². The summed E-state index contributed by atoms with van der Waals surface area (Å²) < 4.78 is 0. The van der Waals surface area contributed by atoms with E-state index in [1.54, 1.807) is 0 Å². The van der Waals surface area contributed by atoms with Crippen LogP contribution in [0.15, 0.2) is 24.3 Å². The molecule has 2 rings (SSSR count). The highest BCUT2D eigenvalue weighted by Gasteiger charge is 2.40. The van der Waals surface area contributed by atoms with Crippen LogP contribution in [0.2, 0.25) is 0 Å². The summed E-state index contributed by atoms with van der Waals surface area (Å²) in [6.07, 6.45) is 4.85. The second-order valence-corrected chi connectivity index (χ2v) is 6.86. The zero-order valence-electron chi connectivity index (χ0n) is 13.5. The molecule has 0 heterocycles. The molecular formula is C18H30N2. The van der Waals surface area contributed by atoms with Gasteiger partial charge in [-0.1, -0.05) is 32.9 Å². The van der Waals surface area contributed by atoms with Crippen molar-refractivity contribution >= 4 is 5.69 Å². The summed E-state index contributed by atoms with van der Waals surface area (Å²) in [6, 6.07) is 8.98. The molecule has 2 N–H and O–H groups in total. The van der Waals surface area contributed by atoms with Crippen LogP contribution in [-0.4, -0.2) is 19.1 Å².